The van der Waals surface area contributed by atoms with Crippen molar-refractivity contribution >= 4 is 11.9 Å². The minimum absolute atomic E-state index is 0.00627. The van der Waals surface area contributed by atoms with Gasteiger partial charge in [-0.25, -0.2) is 0 Å². The third kappa shape index (κ3) is 11.4. The van der Waals surface area contributed by atoms with Crippen LogP contribution in [0.3, 0.4) is 0 Å². The lowest BCUT2D eigenvalue weighted by molar-refractivity contribution is -0.164. The number of ether oxygens (including phenoxy) is 2. The molecule has 0 amide bonds. The quantitative estimate of drug-likeness (QED) is 0.159. The molecule has 0 atom stereocenters. The van der Waals surface area contributed by atoms with Crippen molar-refractivity contribution in [3.63, 3.8) is 0 Å². The summed E-state index contributed by atoms with van der Waals surface area (Å²) in [4.78, 5) is 24.5. The average Bonchev–Trinajstić information content (AvgIpc) is 2.69. The van der Waals surface area contributed by atoms with E-state index in [1.807, 2.05) is 0 Å². The maximum atomic E-state index is 12.9. The first-order chi connectivity index (χ1) is 14.3. The van der Waals surface area contributed by atoms with E-state index in [-0.39, 0.29) is 29.2 Å². The van der Waals surface area contributed by atoms with Gasteiger partial charge in [0.25, 0.3) is 0 Å². The molecule has 0 heterocycles. The van der Waals surface area contributed by atoms with Crippen molar-refractivity contribution < 1.29 is 19.1 Å². The van der Waals surface area contributed by atoms with E-state index >= 15 is 0 Å². The van der Waals surface area contributed by atoms with Gasteiger partial charge in [-0.05, 0) is 37.5 Å². The largest absolute Gasteiger partial charge is 0.466 e. The Labute approximate surface area is 186 Å². The molecular formula is C26H50O4. The number of rotatable bonds is 19. The second-order valence-corrected chi connectivity index (χ2v) is 9.39. The zero-order valence-electron chi connectivity index (χ0n) is 20.9. The zero-order chi connectivity index (χ0) is 22.8. The molecule has 4 heteroatoms. The molecule has 30 heavy (non-hydrogen) atoms. The molecule has 178 valence electrons. The monoisotopic (exact) mass is 426 g/mol. The van der Waals surface area contributed by atoms with E-state index in [0.717, 1.165) is 57.8 Å². The van der Waals surface area contributed by atoms with Crippen LogP contribution in [0.25, 0.3) is 0 Å². The van der Waals surface area contributed by atoms with E-state index in [2.05, 4.69) is 41.5 Å². The second kappa shape index (κ2) is 17.6. The topological polar surface area (TPSA) is 52.6 Å². The van der Waals surface area contributed by atoms with Gasteiger partial charge >= 0.3 is 11.9 Å². The fourth-order valence-corrected chi connectivity index (χ4v) is 4.23. The Morgan fingerprint density at radius 1 is 0.667 bits per heavy atom. The molecule has 0 aromatic rings. The number of hydrogen-bond donors (Lipinski definition) is 0. The molecule has 0 aliphatic rings. The van der Waals surface area contributed by atoms with Crippen LogP contribution in [0.2, 0.25) is 0 Å². The molecule has 0 N–H and O–H groups in total. The Hall–Kier alpha value is -1.06. The van der Waals surface area contributed by atoms with Crippen molar-refractivity contribution in [2.45, 2.75) is 125 Å². The number of hydrogen-bond acceptors (Lipinski definition) is 4. The van der Waals surface area contributed by atoms with Crippen LogP contribution in [0.1, 0.15) is 125 Å². The zero-order valence-corrected chi connectivity index (χ0v) is 20.9. The van der Waals surface area contributed by atoms with Crippen LogP contribution in [0.15, 0.2) is 0 Å². The van der Waals surface area contributed by atoms with Gasteiger partial charge in [0.1, 0.15) is 0 Å². The summed E-state index contributed by atoms with van der Waals surface area (Å²) in [6, 6.07) is 0. The maximum absolute atomic E-state index is 12.9. The molecule has 4 nitrogen and oxygen atoms in total. The predicted octanol–water partition coefficient (Wildman–Crippen LogP) is 7.48. The van der Waals surface area contributed by atoms with E-state index in [1.54, 1.807) is 0 Å². The minimum atomic E-state index is -0.369. The summed E-state index contributed by atoms with van der Waals surface area (Å²) in [5, 5.41) is 0. The summed E-state index contributed by atoms with van der Waals surface area (Å²) in [7, 11) is 0. The van der Waals surface area contributed by atoms with Crippen molar-refractivity contribution in [3.8, 4) is 0 Å². The van der Waals surface area contributed by atoms with Gasteiger partial charge in [0.15, 0.2) is 0 Å². The Kier molecular flexibility index (Phi) is 17.0. The van der Waals surface area contributed by atoms with Crippen molar-refractivity contribution in [2.75, 3.05) is 13.2 Å². The minimum Gasteiger partial charge on any atom is -0.466 e. The number of carbonyl (C=O) groups is 2. The molecule has 0 bridgehead atoms. The summed E-state index contributed by atoms with van der Waals surface area (Å²) in [5.74, 6) is 0.521. The molecule has 0 spiro atoms. The van der Waals surface area contributed by atoms with E-state index < -0.39 is 0 Å². The fourth-order valence-electron chi connectivity index (χ4n) is 4.23. The van der Waals surface area contributed by atoms with Gasteiger partial charge < -0.3 is 9.47 Å². The lowest BCUT2D eigenvalue weighted by atomic mass is 9.66. The summed E-state index contributed by atoms with van der Waals surface area (Å²) in [5.41, 5.74) is -0.369. The van der Waals surface area contributed by atoms with Crippen molar-refractivity contribution in [3.05, 3.63) is 0 Å². The van der Waals surface area contributed by atoms with Crippen LogP contribution in [-0.2, 0) is 19.1 Å². The fraction of sp³-hybridized carbons (Fsp3) is 0.923. The van der Waals surface area contributed by atoms with E-state index in [0.29, 0.717) is 19.6 Å². The van der Waals surface area contributed by atoms with Gasteiger partial charge in [-0.15, -0.1) is 0 Å². The number of unbranched alkanes of at least 4 members (excludes halogenated alkanes) is 8. The van der Waals surface area contributed by atoms with Gasteiger partial charge in [0.05, 0.1) is 18.6 Å². The van der Waals surface area contributed by atoms with E-state index in [4.69, 9.17) is 9.47 Å². The third-order valence-electron chi connectivity index (χ3n) is 6.40. The summed E-state index contributed by atoms with van der Waals surface area (Å²) in [6.07, 6.45) is 13.3. The van der Waals surface area contributed by atoms with Crippen LogP contribution in [-0.4, -0.2) is 25.2 Å². The highest BCUT2D eigenvalue weighted by Crippen LogP contribution is 2.42. The van der Waals surface area contributed by atoms with Crippen molar-refractivity contribution in [1.29, 1.82) is 0 Å². The van der Waals surface area contributed by atoms with Crippen molar-refractivity contribution in [1.82, 2.24) is 0 Å². The van der Waals surface area contributed by atoms with Gasteiger partial charge in [0, 0.05) is 6.42 Å². The first-order valence-electron chi connectivity index (χ1n) is 12.7. The molecule has 0 saturated heterocycles. The normalized spacial score (nSPS) is 11.9. The first kappa shape index (κ1) is 28.9. The summed E-state index contributed by atoms with van der Waals surface area (Å²) < 4.78 is 10.9. The lowest BCUT2D eigenvalue weighted by Crippen LogP contribution is -2.42. The number of esters is 2. The van der Waals surface area contributed by atoms with Gasteiger partial charge in [-0.2, -0.15) is 0 Å². The lowest BCUT2D eigenvalue weighted by Gasteiger charge is -2.39. The molecule has 0 aromatic heterocycles. The predicted molar refractivity (Wildman–Crippen MR) is 125 cm³/mol. The van der Waals surface area contributed by atoms with Gasteiger partial charge in [-0.3, -0.25) is 9.59 Å². The molecule has 0 rings (SSSR count). The molecular weight excluding hydrogens is 376 g/mol. The highest BCUT2D eigenvalue weighted by Gasteiger charge is 2.45. The Balaban J connectivity index is 4.12. The maximum Gasteiger partial charge on any atom is 0.312 e. The third-order valence-corrected chi connectivity index (χ3v) is 6.40. The summed E-state index contributed by atoms with van der Waals surface area (Å²) >= 11 is 0. The Bertz CT molecular complexity index is 434. The molecule has 0 fully saturated rings. The molecule has 0 saturated carbocycles. The molecule has 0 unspecified atom stereocenters. The van der Waals surface area contributed by atoms with Crippen LogP contribution in [0.4, 0.5) is 0 Å². The van der Waals surface area contributed by atoms with E-state index in [9.17, 15) is 9.59 Å². The second-order valence-electron chi connectivity index (χ2n) is 9.39. The van der Waals surface area contributed by atoms with Gasteiger partial charge in [-0.1, -0.05) is 92.9 Å². The molecule has 0 aliphatic heterocycles. The van der Waals surface area contributed by atoms with Crippen LogP contribution in [0, 0.1) is 17.3 Å². The number of carbonyl (C=O) groups excluding carboxylic acids is 2. The highest BCUT2D eigenvalue weighted by atomic mass is 16.5. The Morgan fingerprint density at radius 3 is 1.63 bits per heavy atom. The van der Waals surface area contributed by atoms with Crippen LogP contribution < -0.4 is 0 Å². The van der Waals surface area contributed by atoms with Gasteiger partial charge in [0.2, 0.25) is 0 Å². The van der Waals surface area contributed by atoms with Crippen molar-refractivity contribution in [2.24, 2.45) is 17.3 Å². The van der Waals surface area contributed by atoms with Crippen LogP contribution >= 0.6 is 0 Å². The SMILES string of the molecule is CCCCOC(=O)CCCCCCCCCC(C(=O)OCCCC)(C(C)C)C(C)C. The average molecular weight is 427 g/mol. The highest BCUT2D eigenvalue weighted by molar-refractivity contribution is 5.77. The molecule has 0 radical (unpaired) electrons. The Morgan fingerprint density at radius 2 is 1.13 bits per heavy atom. The molecule has 0 aromatic carbocycles. The smallest absolute Gasteiger partial charge is 0.312 e. The standard InChI is InChI=1S/C26H50O4/c1-7-9-20-29-24(27)18-16-14-12-11-13-15-17-19-26(22(3)4,23(5)6)25(28)30-21-10-8-2/h22-23H,7-21H2,1-6H3. The first-order valence-corrected chi connectivity index (χ1v) is 12.7. The summed E-state index contributed by atoms with van der Waals surface area (Å²) in [6.45, 7) is 14.0. The van der Waals surface area contributed by atoms with Crippen LogP contribution in [0.5, 0.6) is 0 Å². The van der Waals surface area contributed by atoms with E-state index in [1.165, 1.54) is 19.3 Å². The molecule has 0 aliphatic carbocycles.